The third-order valence-electron chi connectivity index (χ3n) is 5.32. The van der Waals surface area contributed by atoms with Crippen LogP contribution < -0.4 is 5.32 Å². The van der Waals surface area contributed by atoms with Gasteiger partial charge in [0.2, 0.25) is 11.8 Å². The summed E-state index contributed by atoms with van der Waals surface area (Å²) in [5, 5.41) is 2.94. The lowest BCUT2D eigenvalue weighted by Gasteiger charge is -2.43. The van der Waals surface area contributed by atoms with Gasteiger partial charge in [0.15, 0.2) is 0 Å². The summed E-state index contributed by atoms with van der Waals surface area (Å²) in [6.45, 7) is 4.73. The monoisotopic (exact) mass is 294 g/mol. The van der Waals surface area contributed by atoms with E-state index >= 15 is 0 Å². The predicted molar refractivity (Wildman–Crippen MR) is 78.7 cm³/mol. The summed E-state index contributed by atoms with van der Waals surface area (Å²) in [5.41, 5.74) is -0.697. The molecule has 2 atom stereocenters. The van der Waals surface area contributed by atoms with Crippen molar-refractivity contribution >= 4 is 11.8 Å². The van der Waals surface area contributed by atoms with E-state index in [4.69, 9.17) is 4.74 Å². The molecule has 1 N–H and O–H groups in total. The molecule has 0 spiro atoms. The van der Waals surface area contributed by atoms with Crippen molar-refractivity contribution in [2.75, 3.05) is 13.2 Å². The molecule has 5 heteroatoms. The van der Waals surface area contributed by atoms with Crippen LogP contribution in [0.4, 0.5) is 0 Å². The van der Waals surface area contributed by atoms with Crippen LogP contribution in [-0.2, 0) is 14.3 Å². The van der Waals surface area contributed by atoms with Gasteiger partial charge in [-0.25, -0.2) is 0 Å². The zero-order valence-electron chi connectivity index (χ0n) is 13.1. The molecular weight excluding hydrogens is 268 g/mol. The number of amides is 2. The molecule has 2 amide bonds. The first-order valence-corrected chi connectivity index (χ1v) is 8.27. The molecule has 3 fully saturated rings. The number of rotatable bonds is 5. The minimum Gasteiger partial charge on any atom is -0.376 e. The van der Waals surface area contributed by atoms with E-state index < -0.39 is 11.6 Å². The highest BCUT2D eigenvalue weighted by Crippen LogP contribution is 2.42. The molecule has 1 saturated heterocycles. The van der Waals surface area contributed by atoms with Gasteiger partial charge >= 0.3 is 0 Å². The van der Waals surface area contributed by atoms with Crippen molar-refractivity contribution in [2.24, 2.45) is 5.92 Å². The fourth-order valence-electron chi connectivity index (χ4n) is 3.63. The number of carbonyl (C=O) groups is 2. The Labute approximate surface area is 126 Å². The molecule has 1 aliphatic heterocycles. The molecule has 3 aliphatic rings. The molecule has 21 heavy (non-hydrogen) atoms. The summed E-state index contributed by atoms with van der Waals surface area (Å²) in [6.07, 6.45) is 7.15. The first-order chi connectivity index (χ1) is 10.0. The molecular formula is C16H26N2O3. The SMILES string of the molecule is CC1C(=O)NC(C)(C2CC2)C(=O)N1CCOC1CCCC1. The molecule has 5 nitrogen and oxygen atoms in total. The number of piperazine rings is 1. The van der Waals surface area contributed by atoms with Gasteiger partial charge in [0.1, 0.15) is 11.6 Å². The first kappa shape index (κ1) is 14.8. The maximum atomic E-state index is 12.8. The van der Waals surface area contributed by atoms with Gasteiger partial charge in [-0.15, -0.1) is 0 Å². The maximum Gasteiger partial charge on any atom is 0.249 e. The van der Waals surface area contributed by atoms with E-state index in [-0.39, 0.29) is 11.8 Å². The van der Waals surface area contributed by atoms with Crippen molar-refractivity contribution in [3.8, 4) is 0 Å². The average molecular weight is 294 g/mol. The van der Waals surface area contributed by atoms with Gasteiger partial charge < -0.3 is 15.0 Å². The van der Waals surface area contributed by atoms with Gasteiger partial charge in [-0.05, 0) is 45.4 Å². The second-order valence-corrected chi connectivity index (χ2v) is 6.92. The Hall–Kier alpha value is -1.10. The molecule has 2 aliphatic carbocycles. The minimum atomic E-state index is -0.697. The van der Waals surface area contributed by atoms with Gasteiger partial charge in [0.25, 0.3) is 0 Å². The molecule has 2 unspecified atom stereocenters. The lowest BCUT2D eigenvalue weighted by Crippen LogP contribution is -2.69. The van der Waals surface area contributed by atoms with Gasteiger partial charge in [-0.1, -0.05) is 12.8 Å². The van der Waals surface area contributed by atoms with Gasteiger partial charge in [-0.3, -0.25) is 9.59 Å². The van der Waals surface area contributed by atoms with E-state index in [2.05, 4.69) is 5.32 Å². The molecule has 118 valence electrons. The molecule has 0 aromatic carbocycles. The summed E-state index contributed by atoms with van der Waals surface area (Å²) in [7, 11) is 0. The van der Waals surface area contributed by atoms with E-state index in [9.17, 15) is 9.59 Å². The molecule has 2 saturated carbocycles. The maximum absolute atomic E-state index is 12.8. The summed E-state index contributed by atoms with van der Waals surface area (Å²) in [5.74, 6) is 0.330. The van der Waals surface area contributed by atoms with Crippen LogP contribution >= 0.6 is 0 Å². The lowest BCUT2D eigenvalue weighted by molar-refractivity contribution is -0.155. The van der Waals surface area contributed by atoms with Gasteiger partial charge in [0, 0.05) is 6.54 Å². The predicted octanol–water partition coefficient (Wildman–Crippen LogP) is 1.46. The third kappa shape index (κ3) is 2.80. The Morgan fingerprint density at radius 1 is 1.24 bits per heavy atom. The molecule has 0 radical (unpaired) electrons. The van der Waals surface area contributed by atoms with Crippen molar-refractivity contribution in [2.45, 2.75) is 70.1 Å². The molecule has 0 aromatic rings. The second-order valence-electron chi connectivity index (χ2n) is 6.92. The highest BCUT2D eigenvalue weighted by atomic mass is 16.5. The number of ether oxygens (including phenoxy) is 1. The van der Waals surface area contributed by atoms with Crippen LogP contribution in [0.1, 0.15) is 52.4 Å². The number of hydrogen-bond acceptors (Lipinski definition) is 3. The van der Waals surface area contributed by atoms with Crippen LogP contribution in [0.2, 0.25) is 0 Å². The standard InChI is InChI=1S/C16H26N2O3/c1-11-14(19)17-16(2,12-7-8-12)15(20)18(11)9-10-21-13-5-3-4-6-13/h11-13H,3-10H2,1-2H3,(H,17,19). The van der Waals surface area contributed by atoms with Gasteiger partial charge in [0.05, 0.1) is 12.7 Å². The van der Waals surface area contributed by atoms with Crippen LogP contribution in [-0.4, -0.2) is 47.6 Å². The fourth-order valence-corrected chi connectivity index (χ4v) is 3.63. The van der Waals surface area contributed by atoms with E-state index in [1.165, 1.54) is 12.8 Å². The fraction of sp³-hybridized carbons (Fsp3) is 0.875. The first-order valence-electron chi connectivity index (χ1n) is 8.27. The Kier molecular flexibility index (Phi) is 3.95. The topological polar surface area (TPSA) is 58.6 Å². The number of carbonyl (C=O) groups excluding carboxylic acids is 2. The number of hydrogen-bond donors (Lipinski definition) is 1. The van der Waals surface area contributed by atoms with Crippen LogP contribution in [0.5, 0.6) is 0 Å². The normalized spacial score (nSPS) is 34.4. The molecule has 3 rings (SSSR count). The van der Waals surface area contributed by atoms with Crippen molar-refractivity contribution < 1.29 is 14.3 Å². The molecule has 1 heterocycles. The van der Waals surface area contributed by atoms with E-state index in [1.807, 2.05) is 6.92 Å². The summed E-state index contributed by atoms with van der Waals surface area (Å²) in [4.78, 5) is 26.7. The van der Waals surface area contributed by atoms with Crippen molar-refractivity contribution in [3.63, 3.8) is 0 Å². The summed E-state index contributed by atoms with van der Waals surface area (Å²) < 4.78 is 5.86. The average Bonchev–Trinajstić information content (AvgIpc) is 3.19. The number of nitrogens with zero attached hydrogens (tertiary/aromatic N) is 1. The van der Waals surface area contributed by atoms with Crippen molar-refractivity contribution in [1.82, 2.24) is 10.2 Å². The van der Waals surface area contributed by atoms with Crippen molar-refractivity contribution in [3.05, 3.63) is 0 Å². The van der Waals surface area contributed by atoms with Crippen molar-refractivity contribution in [1.29, 1.82) is 0 Å². The van der Waals surface area contributed by atoms with Gasteiger partial charge in [-0.2, -0.15) is 0 Å². The minimum absolute atomic E-state index is 0.0372. The Balaban J connectivity index is 1.60. The van der Waals surface area contributed by atoms with Crippen LogP contribution in [0.25, 0.3) is 0 Å². The zero-order valence-corrected chi connectivity index (χ0v) is 13.1. The highest BCUT2D eigenvalue weighted by Gasteiger charge is 2.54. The Morgan fingerprint density at radius 3 is 2.52 bits per heavy atom. The lowest BCUT2D eigenvalue weighted by atomic mass is 9.90. The van der Waals surface area contributed by atoms with Crippen LogP contribution in [0, 0.1) is 5.92 Å². The second kappa shape index (κ2) is 5.59. The molecule has 0 aromatic heterocycles. The quantitative estimate of drug-likeness (QED) is 0.835. The largest absolute Gasteiger partial charge is 0.376 e. The summed E-state index contributed by atoms with van der Waals surface area (Å²) >= 11 is 0. The smallest absolute Gasteiger partial charge is 0.249 e. The number of nitrogens with one attached hydrogen (secondary N) is 1. The zero-order chi connectivity index (χ0) is 15.0. The Bertz CT molecular complexity index is 429. The Morgan fingerprint density at radius 2 is 1.90 bits per heavy atom. The van der Waals surface area contributed by atoms with E-state index in [1.54, 1.807) is 11.8 Å². The van der Waals surface area contributed by atoms with Crippen LogP contribution in [0.15, 0.2) is 0 Å². The highest BCUT2D eigenvalue weighted by molar-refractivity contribution is 5.99. The van der Waals surface area contributed by atoms with Crippen LogP contribution in [0.3, 0.4) is 0 Å². The summed E-state index contributed by atoms with van der Waals surface area (Å²) in [6, 6.07) is -0.392. The third-order valence-corrected chi connectivity index (χ3v) is 5.32. The molecule has 0 bridgehead atoms. The van der Waals surface area contributed by atoms with E-state index in [0.717, 1.165) is 25.7 Å². The van der Waals surface area contributed by atoms with E-state index in [0.29, 0.717) is 25.2 Å².